The van der Waals surface area contributed by atoms with Crippen LogP contribution in [0.4, 0.5) is 0 Å². The fraction of sp³-hybridized carbons (Fsp3) is 0.733. The van der Waals surface area contributed by atoms with Gasteiger partial charge in [-0.1, -0.05) is 12.8 Å². The van der Waals surface area contributed by atoms with Crippen molar-refractivity contribution in [3.8, 4) is 0 Å². The van der Waals surface area contributed by atoms with Crippen molar-refractivity contribution >= 4 is 42.1 Å². The number of aryl methyl sites for hydroxylation is 2. The summed E-state index contributed by atoms with van der Waals surface area (Å²) in [7, 11) is 0. The molecule has 0 radical (unpaired) electrons. The second-order valence-corrected chi connectivity index (χ2v) is 7.45. The van der Waals surface area contributed by atoms with Crippen LogP contribution in [0, 0.1) is 25.2 Å². The average molecular weight is 366 g/mol. The quantitative estimate of drug-likeness (QED) is 0.865. The van der Waals surface area contributed by atoms with Crippen molar-refractivity contribution in [1.82, 2.24) is 15.6 Å². The van der Waals surface area contributed by atoms with E-state index in [0.29, 0.717) is 12.5 Å². The van der Waals surface area contributed by atoms with Gasteiger partial charge < -0.3 is 10.6 Å². The lowest BCUT2D eigenvalue weighted by Gasteiger charge is -2.37. The number of thiazole rings is 1. The second kappa shape index (κ2) is 7.95. The number of hydrogen-bond acceptors (Lipinski definition) is 4. The van der Waals surface area contributed by atoms with Gasteiger partial charge in [0.05, 0.1) is 17.7 Å². The van der Waals surface area contributed by atoms with Crippen molar-refractivity contribution < 1.29 is 4.79 Å². The number of halogens is 2. The van der Waals surface area contributed by atoms with E-state index in [0.717, 1.165) is 30.2 Å². The van der Waals surface area contributed by atoms with Crippen molar-refractivity contribution in [2.24, 2.45) is 11.3 Å². The molecule has 22 heavy (non-hydrogen) atoms. The highest BCUT2D eigenvalue weighted by molar-refractivity contribution is 7.11. The molecule has 1 saturated carbocycles. The highest BCUT2D eigenvalue weighted by atomic mass is 35.5. The van der Waals surface area contributed by atoms with Gasteiger partial charge in [-0.15, -0.1) is 36.2 Å². The van der Waals surface area contributed by atoms with Crippen LogP contribution in [-0.2, 0) is 11.3 Å². The monoisotopic (exact) mass is 365 g/mol. The number of nitrogens with zero attached hydrogens (tertiary/aromatic N) is 1. The van der Waals surface area contributed by atoms with Crippen LogP contribution in [0.2, 0.25) is 0 Å². The van der Waals surface area contributed by atoms with Crippen molar-refractivity contribution in [1.29, 1.82) is 0 Å². The number of rotatable bonds is 3. The van der Waals surface area contributed by atoms with E-state index < -0.39 is 0 Å². The Kier molecular flexibility index (Phi) is 7.12. The van der Waals surface area contributed by atoms with Gasteiger partial charge in [0.1, 0.15) is 5.01 Å². The summed E-state index contributed by atoms with van der Waals surface area (Å²) in [4.78, 5) is 18.4. The van der Waals surface area contributed by atoms with Gasteiger partial charge in [0.25, 0.3) is 0 Å². The Morgan fingerprint density at radius 1 is 1.41 bits per heavy atom. The molecule has 1 aromatic rings. The minimum atomic E-state index is -0.153. The number of aromatic nitrogens is 1. The van der Waals surface area contributed by atoms with Crippen LogP contribution in [0.1, 0.15) is 41.3 Å². The van der Waals surface area contributed by atoms with Gasteiger partial charge >= 0.3 is 0 Å². The third-order valence-electron chi connectivity index (χ3n) is 4.96. The molecule has 1 aliphatic heterocycles. The minimum Gasteiger partial charge on any atom is -0.349 e. The zero-order valence-electron chi connectivity index (χ0n) is 13.1. The van der Waals surface area contributed by atoms with Crippen molar-refractivity contribution in [2.45, 2.75) is 46.1 Å². The normalized spacial score (nSPS) is 26.5. The standard InChI is InChI=1S/C15H23N3OS.2ClH/c1-10-11(2)20-13(18-10)8-17-14(19)15-6-4-3-5-12(15)7-16-9-15;;/h12,16H,3-9H2,1-2H3,(H,17,19);2*1H/t12-,15+;;/m0../s1. The molecule has 1 amide bonds. The molecule has 7 heteroatoms. The van der Waals surface area contributed by atoms with Crippen LogP contribution in [0.3, 0.4) is 0 Å². The molecule has 0 aromatic carbocycles. The Bertz CT molecular complexity index is 503. The molecule has 4 nitrogen and oxygen atoms in total. The average Bonchev–Trinajstić information content (AvgIpc) is 3.01. The van der Waals surface area contributed by atoms with E-state index in [9.17, 15) is 4.79 Å². The summed E-state index contributed by atoms with van der Waals surface area (Å²) in [6, 6.07) is 0. The van der Waals surface area contributed by atoms with Crippen molar-refractivity contribution in [3.05, 3.63) is 15.6 Å². The zero-order valence-corrected chi connectivity index (χ0v) is 15.6. The first-order valence-electron chi connectivity index (χ1n) is 7.54. The van der Waals surface area contributed by atoms with Gasteiger partial charge in [0.2, 0.25) is 5.91 Å². The van der Waals surface area contributed by atoms with E-state index in [2.05, 4.69) is 22.5 Å². The van der Waals surface area contributed by atoms with Gasteiger partial charge in [0, 0.05) is 11.4 Å². The first-order valence-corrected chi connectivity index (χ1v) is 8.35. The molecule has 1 aliphatic carbocycles. The maximum absolute atomic E-state index is 12.7. The zero-order chi connectivity index (χ0) is 14.2. The first-order chi connectivity index (χ1) is 9.62. The maximum atomic E-state index is 12.7. The van der Waals surface area contributed by atoms with Crippen molar-refractivity contribution in [2.75, 3.05) is 13.1 Å². The third kappa shape index (κ3) is 3.58. The number of nitrogens with one attached hydrogen (secondary N) is 2. The summed E-state index contributed by atoms with van der Waals surface area (Å²) in [6.07, 6.45) is 4.68. The molecule has 2 N–H and O–H groups in total. The number of carbonyl (C=O) groups is 1. The van der Waals surface area contributed by atoms with Gasteiger partial charge in [-0.2, -0.15) is 0 Å². The van der Waals surface area contributed by atoms with E-state index in [1.54, 1.807) is 11.3 Å². The molecular formula is C15H25Cl2N3OS. The minimum absolute atomic E-state index is 0. The van der Waals surface area contributed by atoms with Gasteiger partial charge in [-0.3, -0.25) is 4.79 Å². The smallest absolute Gasteiger partial charge is 0.228 e. The SMILES string of the molecule is Cc1nc(CNC(=O)[C@@]23CCCC[C@H]2CNC3)sc1C.Cl.Cl. The fourth-order valence-electron chi connectivity index (χ4n) is 3.64. The summed E-state index contributed by atoms with van der Waals surface area (Å²) in [5, 5.41) is 7.58. The van der Waals surface area contributed by atoms with Gasteiger partial charge in [-0.05, 0) is 39.2 Å². The predicted molar refractivity (Wildman–Crippen MR) is 95.2 cm³/mol. The van der Waals surface area contributed by atoms with E-state index in [-0.39, 0.29) is 36.1 Å². The number of carbonyl (C=O) groups excluding carboxylic acids is 1. The van der Waals surface area contributed by atoms with E-state index in [4.69, 9.17) is 0 Å². The number of amides is 1. The molecule has 2 heterocycles. The lowest BCUT2D eigenvalue weighted by atomic mass is 9.67. The van der Waals surface area contributed by atoms with Gasteiger partial charge in [0.15, 0.2) is 0 Å². The highest BCUT2D eigenvalue weighted by Crippen LogP contribution is 2.43. The summed E-state index contributed by atoms with van der Waals surface area (Å²) >= 11 is 1.68. The molecule has 2 aliphatic rings. The molecular weight excluding hydrogens is 341 g/mol. The number of fused-ring (bicyclic) bond motifs is 1. The van der Waals surface area contributed by atoms with Crippen LogP contribution < -0.4 is 10.6 Å². The molecule has 1 saturated heterocycles. The topological polar surface area (TPSA) is 54.0 Å². The summed E-state index contributed by atoms with van der Waals surface area (Å²) in [5.74, 6) is 0.758. The fourth-order valence-corrected chi connectivity index (χ4v) is 4.51. The lowest BCUT2D eigenvalue weighted by molar-refractivity contribution is -0.134. The Balaban J connectivity index is 0.00000121. The molecule has 0 bridgehead atoms. The largest absolute Gasteiger partial charge is 0.349 e. The molecule has 3 rings (SSSR count). The van der Waals surface area contributed by atoms with Crippen LogP contribution in [0.15, 0.2) is 0 Å². The van der Waals surface area contributed by atoms with E-state index in [1.807, 2.05) is 6.92 Å². The Labute approximate surface area is 148 Å². The van der Waals surface area contributed by atoms with E-state index >= 15 is 0 Å². The first kappa shape index (κ1) is 19.7. The van der Waals surface area contributed by atoms with Crippen LogP contribution in [0.5, 0.6) is 0 Å². The van der Waals surface area contributed by atoms with E-state index in [1.165, 1.54) is 24.1 Å². The second-order valence-electron chi connectivity index (χ2n) is 6.16. The van der Waals surface area contributed by atoms with Crippen molar-refractivity contribution in [3.63, 3.8) is 0 Å². The third-order valence-corrected chi connectivity index (χ3v) is 6.04. The summed E-state index contributed by atoms with van der Waals surface area (Å²) < 4.78 is 0. The van der Waals surface area contributed by atoms with Gasteiger partial charge in [-0.25, -0.2) is 4.98 Å². The highest BCUT2D eigenvalue weighted by Gasteiger charge is 2.49. The van der Waals surface area contributed by atoms with Crippen LogP contribution >= 0.6 is 36.2 Å². The maximum Gasteiger partial charge on any atom is 0.228 e. The molecule has 126 valence electrons. The summed E-state index contributed by atoms with van der Waals surface area (Å²) in [6.45, 7) is 6.53. The molecule has 2 fully saturated rings. The predicted octanol–water partition coefficient (Wildman–Crippen LogP) is 3.00. The lowest BCUT2D eigenvalue weighted by Crippen LogP contribution is -2.47. The Morgan fingerprint density at radius 2 is 2.18 bits per heavy atom. The Hall–Kier alpha value is -0.360. The summed E-state index contributed by atoms with van der Waals surface area (Å²) in [5.41, 5.74) is 0.926. The molecule has 0 unspecified atom stereocenters. The molecule has 1 aromatic heterocycles. The Morgan fingerprint density at radius 3 is 2.86 bits per heavy atom. The van der Waals surface area contributed by atoms with Crippen LogP contribution in [-0.4, -0.2) is 24.0 Å². The molecule has 2 atom stereocenters. The number of hydrogen-bond donors (Lipinski definition) is 2. The molecule has 0 spiro atoms. The van der Waals surface area contributed by atoms with Crippen LogP contribution in [0.25, 0.3) is 0 Å².